The van der Waals surface area contributed by atoms with Crippen LogP contribution in [0.3, 0.4) is 0 Å². The van der Waals surface area contributed by atoms with Crippen LogP contribution in [0.25, 0.3) is 5.69 Å². The second kappa shape index (κ2) is 7.70. The number of hydrogen-bond donors (Lipinski definition) is 0. The van der Waals surface area contributed by atoms with Gasteiger partial charge in [-0.3, -0.25) is 4.98 Å². The predicted octanol–water partition coefficient (Wildman–Crippen LogP) is 2.60. The molecule has 0 unspecified atom stereocenters. The number of hydrogen-bond acceptors (Lipinski definition) is 5. The van der Waals surface area contributed by atoms with Crippen molar-refractivity contribution in [2.45, 2.75) is 19.4 Å². The number of pyridine rings is 1. The van der Waals surface area contributed by atoms with Crippen molar-refractivity contribution in [3.05, 3.63) is 66.0 Å². The fourth-order valence-corrected chi connectivity index (χ4v) is 2.48. The van der Waals surface area contributed by atoms with Crippen molar-refractivity contribution < 1.29 is 9.47 Å². The Morgan fingerprint density at radius 1 is 0.958 bits per heavy atom. The molecule has 0 saturated carbocycles. The van der Waals surface area contributed by atoms with Gasteiger partial charge >= 0.3 is 0 Å². The predicted molar refractivity (Wildman–Crippen MR) is 90.3 cm³/mol. The molecule has 24 heavy (non-hydrogen) atoms. The fraction of sp³-hybridized carbons (Fsp3) is 0.278. The van der Waals surface area contributed by atoms with Crippen molar-refractivity contribution in [1.29, 1.82) is 0 Å². The summed E-state index contributed by atoms with van der Waals surface area (Å²) in [6.45, 7) is 0.396. The van der Waals surface area contributed by atoms with Crippen LogP contribution in [0, 0.1) is 0 Å². The summed E-state index contributed by atoms with van der Waals surface area (Å²) in [6, 6.07) is 11.9. The van der Waals surface area contributed by atoms with Gasteiger partial charge < -0.3 is 9.47 Å². The smallest absolute Gasteiger partial charge is 0.176 e. The molecule has 0 radical (unpaired) electrons. The maximum atomic E-state index is 5.19. The minimum Gasteiger partial charge on any atom is -0.497 e. The molecule has 0 amide bonds. The van der Waals surface area contributed by atoms with Gasteiger partial charge in [0, 0.05) is 25.9 Å². The van der Waals surface area contributed by atoms with Gasteiger partial charge in [-0.2, -0.15) is 0 Å². The molecule has 0 saturated heterocycles. The van der Waals surface area contributed by atoms with Gasteiger partial charge in [-0.15, -0.1) is 5.10 Å². The van der Waals surface area contributed by atoms with E-state index in [1.165, 1.54) is 5.56 Å². The lowest BCUT2D eigenvalue weighted by Gasteiger charge is -2.06. The van der Waals surface area contributed by atoms with Crippen LogP contribution in [0.4, 0.5) is 0 Å². The highest BCUT2D eigenvalue weighted by Crippen LogP contribution is 2.15. The number of rotatable bonds is 7. The van der Waals surface area contributed by atoms with Crippen LogP contribution in [0.15, 0.2) is 48.8 Å². The van der Waals surface area contributed by atoms with E-state index in [4.69, 9.17) is 9.47 Å². The average Bonchev–Trinajstić information content (AvgIpc) is 3.04. The van der Waals surface area contributed by atoms with Gasteiger partial charge in [-0.1, -0.05) is 12.1 Å². The summed E-state index contributed by atoms with van der Waals surface area (Å²) >= 11 is 0. The van der Waals surface area contributed by atoms with Crippen LogP contribution in [-0.4, -0.2) is 34.0 Å². The van der Waals surface area contributed by atoms with E-state index in [1.54, 1.807) is 26.6 Å². The van der Waals surface area contributed by atoms with E-state index < -0.39 is 0 Å². The molecule has 0 aliphatic carbocycles. The Bertz CT molecular complexity index is 769. The number of ether oxygens (including phenoxy) is 2. The van der Waals surface area contributed by atoms with Gasteiger partial charge in [0.25, 0.3) is 0 Å². The third-order valence-corrected chi connectivity index (χ3v) is 3.70. The number of benzene rings is 1. The van der Waals surface area contributed by atoms with E-state index in [2.05, 4.69) is 27.2 Å². The lowest BCUT2D eigenvalue weighted by Crippen LogP contribution is -2.05. The van der Waals surface area contributed by atoms with Crippen molar-refractivity contribution in [2.24, 2.45) is 0 Å². The largest absolute Gasteiger partial charge is 0.497 e. The Kier molecular flexibility index (Phi) is 5.18. The molecule has 2 aromatic heterocycles. The minimum absolute atomic E-state index is 0.396. The lowest BCUT2D eigenvalue weighted by atomic mass is 10.1. The first-order valence-electron chi connectivity index (χ1n) is 7.77. The first kappa shape index (κ1) is 16.1. The molecule has 6 nitrogen and oxygen atoms in total. The molecule has 0 aliphatic rings. The van der Waals surface area contributed by atoms with Crippen LogP contribution in [0.5, 0.6) is 5.75 Å². The molecule has 0 bridgehead atoms. The Balaban J connectivity index is 1.80. The van der Waals surface area contributed by atoms with E-state index in [0.717, 1.165) is 30.1 Å². The van der Waals surface area contributed by atoms with E-state index in [9.17, 15) is 0 Å². The number of aryl methyl sites for hydroxylation is 2. The highest BCUT2D eigenvalue weighted by atomic mass is 16.5. The van der Waals surface area contributed by atoms with E-state index in [-0.39, 0.29) is 0 Å². The van der Waals surface area contributed by atoms with Crippen LogP contribution in [-0.2, 0) is 24.2 Å². The molecule has 3 rings (SSSR count). The Labute approximate surface area is 141 Å². The molecule has 0 N–H and O–H groups in total. The zero-order valence-corrected chi connectivity index (χ0v) is 13.8. The maximum Gasteiger partial charge on any atom is 0.176 e. The lowest BCUT2D eigenvalue weighted by molar-refractivity contribution is 0.178. The molecule has 0 spiro atoms. The van der Waals surface area contributed by atoms with Crippen molar-refractivity contribution in [1.82, 2.24) is 19.7 Å². The van der Waals surface area contributed by atoms with Gasteiger partial charge in [0.05, 0.1) is 12.8 Å². The standard InChI is InChI=1S/C18H20N4O2/c1-23-13-17-20-18(22(21-17)15-9-11-19-12-10-15)8-5-14-3-6-16(24-2)7-4-14/h3-4,6-7,9-12H,5,8,13H2,1-2H3. The first-order chi connectivity index (χ1) is 11.8. The fourth-order valence-electron chi connectivity index (χ4n) is 2.48. The first-order valence-corrected chi connectivity index (χ1v) is 7.77. The summed E-state index contributed by atoms with van der Waals surface area (Å²) in [5.74, 6) is 2.45. The van der Waals surface area contributed by atoms with E-state index >= 15 is 0 Å². The Morgan fingerprint density at radius 3 is 2.38 bits per heavy atom. The third-order valence-electron chi connectivity index (χ3n) is 3.70. The molecule has 0 aliphatic heterocycles. The summed E-state index contributed by atoms with van der Waals surface area (Å²) in [7, 11) is 3.31. The van der Waals surface area contributed by atoms with Gasteiger partial charge in [0.15, 0.2) is 5.82 Å². The second-order valence-corrected chi connectivity index (χ2v) is 5.34. The summed E-state index contributed by atoms with van der Waals surface area (Å²) in [6.07, 6.45) is 5.16. The topological polar surface area (TPSA) is 62.1 Å². The van der Waals surface area contributed by atoms with Crippen molar-refractivity contribution in [3.8, 4) is 11.4 Å². The summed E-state index contributed by atoms with van der Waals surface area (Å²) < 4.78 is 12.2. The SMILES string of the molecule is COCc1nc(CCc2ccc(OC)cc2)n(-c2ccncc2)n1. The Hall–Kier alpha value is -2.73. The monoisotopic (exact) mass is 324 g/mol. The van der Waals surface area contributed by atoms with Gasteiger partial charge in [-0.25, -0.2) is 9.67 Å². The van der Waals surface area contributed by atoms with E-state index in [1.807, 2.05) is 28.9 Å². The molecule has 0 fully saturated rings. The van der Waals surface area contributed by atoms with Crippen LogP contribution in [0.2, 0.25) is 0 Å². The minimum atomic E-state index is 0.396. The highest BCUT2D eigenvalue weighted by Gasteiger charge is 2.11. The van der Waals surface area contributed by atoms with Crippen molar-refractivity contribution >= 4 is 0 Å². The van der Waals surface area contributed by atoms with Crippen molar-refractivity contribution in [2.75, 3.05) is 14.2 Å². The Morgan fingerprint density at radius 2 is 1.71 bits per heavy atom. The molecular formula is C18H20N4O2. The summed E-state index contributed by atoms with van der Waals surface area (Å²) in [5.41, 5.74) is 2.18. The normalized spacial score (nSPS) is 10.8. The molecule has 1 aromatic carbocycles. The zero-order chi connectivity index (χ0) is 16.8. The zero-order valence-electron chi connectivity index (χ0n) is 13.8. The molecular weight excluding hydrogens is 304 g/mol. The quantitative estimate of drug-likeness (QED) is 0.668. The highest BCUT2D eigenvalue weighted by molar-refractivity contribution is 5.30. The summed E-state index contributed by atoms with van der Waals surface area (Å²) in [5, 5.41) is 4.54. The van der Waals surface area contributed by atoms with Crippen LogP contribution in [0.1, 0.15) is 17.2 Å². The maximum absolute atomic E-state index is 5.19. The molecule has 0 atom stereocenters. The number of nitrogens with zero attached hydrogens (tertiary/aromatic N) is 4. The number of aromatic nitrogens is 4. The molecule has 3 aromatic rings. The second-order valence-electron chi connectivity index (χ2n) is 5.34. The summed E-state index contributed by atoms with van der Waals surface area (Å²) in [4.78, 5) is 8.66. The van der Waals surface area contributed by atoms with Gasteiger partial charge in [0.1, 0.15) is 18.2 Å². The van der Waals surface area contributed by atoms with Crippen molar-refractivity contribution in [3.63, 3.8) is 0 Å². The molecule has 124 valence electrons. The number of methoxy groups -OCH3 is 2. The van der Waals surface area contributed by atoms with Crippen LogP contribution < -0.4 is 4.74 Å². The van der Waals surface area contributed by atoms with E-state index in [0.29, 0.717) is 12.4 Å². The van der Waals surface area contributed by atoms with Crippen LogP contribution >= 0.6 is 0 Å². The average molecular weight is 324 g/mol. The molecule has 6 heteroatoms. The van der Waals surface area contributed by atoms with Gasteiger partial charge in [0.2, 0.25) is 0 Å². The van der Waals surface area contributed by atoms with Gasteiger partial charge in [-0.05, 0) is 36.2 Å². The molecule has 2 heterocycles. The third kappa shape index (κ3) is 3.78.